The van der Waals surface area contributed by atoms with Crippen molar-refractivity contribution in [3.05, 3.63) is 35.9 Å². The molecule has 10 heavy (non-hydrogen) atoms. The Morgan fingerprint density at radius 3 is 2.10 bits per heavy atom. The van der Waals surface area contributed by atoms with E-state index in [-0.39, 0.29) is 5.56 Å². The van der Waals surface area contributed by atoms with E-state index in [1.54, 1.807) is 0 Å². The molecule has 1 rings (SSSR count). The molecule has 1 radical (unpaired) electrons. The van der Waals surface area contributed by atoms with Crippen LogP contribution in [0.5, 0.6) is 0 Å². The van der Waals surface area contributed by atoms with Gasteiger partial charge in [0.15, 0.2) is 0 Å². The van der Waals surface area contributed by atoms with E-state index in [2.05, 4.69) is 22.0 Å². The van der Waals surface area contributed by atoms with Crippen LogP contribution in [0.1, 0.15) is 5.56 Å². The maximum atomic E-state index is 12.4. The van der Waals surface area contributed by atoms with Gasteiger partial charge in [0.2, 0.25) is 0 Å². The third kappa shape index (κ3) is 1.77. The molecule has 1 aromatic rings. The van der Waals surface area contributed by atoms with E-state index in [0.717, 1.165) is 0 Å². The van der Waals surface area contributed by atoms with Crippen LogP contribution in [0.4, 0.5) is 8.78 Å². The Morgan fingerprint density at radius 1 is 1.30 bits per heavy atom. The van der Waals surface area contributed by atoms with Crippen molar-refractivity contribution in [3.63, 3.8) is 0 Å². The molecule has 53 valence electrons. The highest BCUT2D eigenvalue weighted by Gasteiger charge is 2.25. The predicted molar refractivity (Wildman–Crippen MR) is 38.1 cm³/mol. The Hall–Kier alpha value is -0.440. The third-order valence-electron chi connectivity index (χ3n) is 1.05. The molecule has 0 unspecified atom stereocenters. The summed E-state index contributed by atoms with van der Waals surface area (Å²) in [4.78, 5) is -2.91. The molecule has 3 heteroatoms. The van der Waals surface area contributed by atoms with Crippen molar-refractivity contribution in [3.8, 4) is 0 Å². The van der Waals surface area contributed by atoms with Crippen LogP contribution in [0, 0.1) is 6.07 Å². The van der Waals surface area contributed by atoms with Gasteiger partial charge in [-0.05, 0) is 22.0 Å². The fraction of sp³-hybridized carbons (Fsp3) is 0.143. The molecule has 0 nitrogen and oxygen atoms in total. The van der Waals surface area contributed by atoms with Crippen molar-refractivity contribution in [2.75, 3.05) is 0 Å². The molecular formula is C7H4BrF2. The number of halogens is 3. The fourth-order valence-electron chi connectivity index (χ4n) is 0.576. The first-order valence-electron chi connectivity index (χ1n) is 2.64. The lowest BCUT2D eigenvalue weighted by molar-refractivity contribution is 0.114. The van der Waals surface area contributed by atoms with Crippen LogP contribution in [-0.2, 0) is 4.83 Å². The van der Waals surface area contributed by atoms with Crippen LogP contribution >= 0.6 is 15.9 Å². The minimum absolute atomic E-state index is 0.0498. The van der Waals surface area contributed by atoms with Gasteiger partial charge in [0, 0.05) is 5.56 Å². The first-order valence-corrected chi connectivity index (χ1v) is 3.43. The normalized spacial score (nSPS) is 11.5. The monoisotopic (exact) mass is 205 g/mol. The van der Waals surface area contributed by atoms with Gasteiger partial charge in [-0.15, -0.1) is 0 Å². The van der Waals surface area contributed by atoms with Crippen molar-refractivity contribution < 1.29 is 8.78 Å². The maximum absolute atomic E-state index is 12.4. The molecule has 0 saturated carbocycles. The molecule has 0 saturated heterocycles. The molecule has 0 bridgehead atoms. The van der Waals surface area contributed by atoms with Gasteiger partial charge in [0.05, 0.1) is 0 Å². The minimum Gasteiger partial charge on any atom is -0.188 e. The highest BCUT2D eigenvalue weighted by molar-refractivity contribution is 9.09. The summed E-state index contributed by atoms with van der Waals surface area (Å²) in [7, 11) is 0. The second-order valence-electron chi connectivity index (χ2n) is 1.79. The SMILES string of the molecule is FC(F)(Br)c1cc[c]cc1. The predicted octanol–water partition coefficient (Wildman–Crippen LogP) is 2.93. The van der Waals surface area contributed by atoms with Crippen LogP contribution in [0.2, 0.25) is 0 Å². The largest absolute Gasteiger partial charge is 0.326 e. The molecule has 0 spiro atoms. The van der Waals surface area contributed by atoms with Crippen molar-refractivity contribution in [1.29, 1.82) is 0 Å². The van der Waals surface area contributed by atoms with Gasteiger partial charge in [-0.25, -0.2) is 0 Å². The van der Waals surface area contributed by atoms with Crippen molar-refractivity contribution >= 4 is 15.9 Å². The lowest BCUT2D eigenvalue weighted by atomic mass is 10.2. The fourth-order valence-corrected chi connectivity index (χ4v) is 0.840. The second kappa shape index (κ2) is 2.66. The van der Waals surface area contributed by atoms with Crippen LogP contribution in [0.3, 0.4) is 0 Å². The number of hydrogen-bond acceptors (Lipinski definition) is 0. The summed E-state index contributed by atoms with van der Waals surface area (Å²) in [5.74, 6) is 0. The molecule has 0 fully saturated rings. The molecule has 0 amide bonds. The zero-order chi connectivity index (χ0) is 7.61. The molecular weight excluding hydrogens is 202 g/mol. The zero-order valence-electron chi connectivity index (χ0n) is 4.94. The number of rotatable bonds is 1. The van der Waals surface area contributed by atoms with E-state index in [4.69, 9.17) is 0 Å². The Bertz CT molecular complexity index is 203. The van der Waals surface area contributed by atoms with Gasteiger partial charge in [-0.2, -0.15) is 8.78 Å². The number of benzene rings is 1. The first-order chi connectivity index (χ1) is 4.61. The number of alkyl halides is 3. The van der Waals surface area contributed by atoms with E-state index < -0.39 is 4.83 Å². The molecule has 0 atom stereocenters. The average Bonchev–Trinajstić information content (AvgIpc) is 1.88. The topological polar surface area (TPSA) is 0 Å². The van der Waals surface area contributed by atoms with Gasteiger partial charge in [-0.1, -0.05) is 24.3 Å². The van der Waals surface area contributed by atoms with Gasteiger partial charge in [0.1, 0.15) is 0 Å². The Balaban J connectivity index is 2.97. The smallest absolute Gasteiger partial charge is 0.188 e. The quantitative estimate of drug-likeness (QED) is 0.619. The van der Waals surface area contributed by atoms with E-state index in [9.17, 15) is 8.78 Å². The van der Waals surface area contributed by atoms with E-state index in [1.807, 2.05) is 0 Å². The van der Waals surface area contributed by atoms with Gasteiger partial charge < -0.3 is 0 Å². The molecule has 1 aromatic carbocycles. The molecule has 0 aromatic heterocycles. The Morgan fingerprint density at radius 2 is 1.80 bits per heavy atom. The molecule has 0 aliphatic rings. The van der Waals surface area contributed by atoms with Gasteiger partial charge in [-0.3, -0.25) is 0 Å². The zero-order valence-corrected chi connectivity index (χ0v) is 6.53. The Kier molecular flexibility index (Phi) is 2.04. The summed E-state index contributed by atoms with van der Waals surface area (Å²) >= 11 is 2.24. The summed E-state index contributed by atoms with van der Waals surface area (Å²) in [6.07, 6.45) is 0. The maximum Gasteiger partial charge on any atom is 0.326 e. The van der Waals surface area contributed by atoms with Gasteiger partial charge in [0.25, 0.3) is 0 Å². The highest BCUT2D eigenvalue weighted by Crippen LogP contribution is 2.33. The van der Waals surface area contributed by atoms with Crippen LogP contribution in [0.25, 0.3) is 0 Å². The Labute approximate surface area is 66.0 Å². The summed E-state index contributed by atoms with van der Waals surface area (Å²) in [6, 6.07) is 8.18. The number of hydrogen-bond donors (Lipinski definition) is 0. The van der Waals surface area contributed by atoms with E-state index in [1.165, 1.54) is 24.3 Å². The lowest BCUT2D eigenvalue weighted by Gasteiger charge is -2.06. The van der Waals surface area contributed by atoms with Crippen LogP contribution < -0.4 is 0 Å². The van der Waals surface area contributed by atoms with Crippen LogP contribution in [0.15, 0.2) is 24.3 Å². The third-order valence-corrected chi connectivity index (χ3v) is 1.50. The van der Waals surface area contributed by atoms with Crippen molar-refractivity contribution in [1.82, 2.24) is 0 Å². The summed E-state index contributed by atoms with van der Waals surface area (Å²) in [5, 5.41) is 0. The van der Waals surface area contributed by atoms with Gasteiger partial charge >= 0.3 is 4.83 Å². The van der Waals surface area contributed by atoms with E-state index >= 15 is 0 Å². The van der Waals surface area contributed by atoms with Crippen LogP contribution in [-0.4, -0.2) is 0 Å². The minimum atomic E-state index is -2.91. The molecule has 0 aliphatic carbocycles. The summed E-state index contributed by atoms with van der Waals surface area (Å²) in [5.41, 5.74) is -0.0498. The van der Waals surface area contributed by atoms with E-state index in [0.29, 0.717) is 0 Å². The summed E-state index contributed by atoms with van der Waals surface area (Å²) < 4.78 is 24.7. The lowest BCUT2D eigenvalue weighted by Crippen LogP contribution is -2.00. The molecule has 0 heterocycles. The standard InChI is InChI=1S/C7H4BrF2/c8-7(9,10)6-4-2-1-3-5-6/h2-5H. The average molecular weight is 206 g/mol. The molecule has 0 N–H and O–H groups in total. The first kappa shape index (κ1) is 7.66. The van der Waals surface area contributed by atoms with Crippen molar-refractivity contribution in [2.45, 2.75) is 4.83 Å². The summed E-state index contributed by atoms with van der Waals surface area (Å²) in [6.45, 7) is 0. The highest BCUT2D eigenvalue weighted by atomic mass is 79.9. The molecule has 0 aliphatic heterocycles. The van der Waals surface area contributed by atoms with Crippen molar-refractivity contribution in [2.24, 2.45) is 0 Å². The second-order valence-corrected chi connectivity index (χ2v) is 2.78.